The average molecular weight is 170 g/mol. The fourth-order valence-electron chi connectivity index (χ4n) is 1.49. The van der Waals surface area contributed by atoms with Gasteiger partial charge in [0.2, 0.25) is 0 Å². The third kappa shape index (κ3) is 1.16. The zero-order valence-corrected chi connectivity index (χ0v) is 6.53. The number of amidine groups is 1. The number of nitrogens with two attached hydrogens (primary N) is 1. The minimum absolute atomic E-state index is 0.195. The van der Waals surface area contributed by atoms with Gasteiger partial charge in [-0.3, -0.25) is 0 Å². The second-order valence-electron chi connectivity index (χ2n) is 2.96. The van der Waals surface area contributed by atoms with Crippen LogP contribution in [0.5, 0.6) is 0 Å². The predicted molar refractivity (Wildman–Crippen MR) is 40.8 cm³/mol. The highest BCUT2D eigenvalue weighted by Crippen LogP contribution is 2.22. The quantitative estimate of drug-likeness (QED) is 0.596. The molecule has 1 saturated heterocycles. The summed E-state index contributed by atoms with van der Waals surface area (Å²) in [6.45, 7) is 1.32. The summed E-state index contributed by atoms with van der Waals surface area (Å²) in [5, 5.41) is 0. The molecule has 5 nitrogen and oxygen atoms in total. The minimum atomic E-state index is -0.579. The molecule has 2 atom stereocenters. The van der Waals surface area contributed by atoms with Gasteiger partial charge in [0.15, 0.2) is 6.10 Å². The second kappa shape index (κ2) is 2.75. The van der Waals surface area contributed by atoms with Crippen LogP contribution in [-0.2, 0) is 9.47 Å². The maximum atomic E-state index is 10.7. The van der Waals surface area contributed by atoms with Crippen LogP contribution in [0.15, 0.2) is 4.99 Å². The number of carbonyl (C=O) groups is 1. The van der Waals surface area contributed by atoms with E-state index in [0.717, 1.165) is 6.42 Å². The van der Waals surface area contributed by atoms with Gasteiger partial charge in [-0.2, -0.15) is 4.99 Å². The van der Waals surface area contributed by atoms with Gasteiger partial charge in [0.1, 0.15) is 5.84 Å². The molecule has 2 aliphatic rings. The molecule has 66 valence electrons. The number of cyclic esters (lactones) is 1. The number of ether oxygens (including phenoxy) is 2. The molecule has 2 heterocycles. The molecule has 2 unspecified atom stereocenters. The first-order chi connectivity index (χ1) is 5.77. The van der Waals surface area contributed by atoms with Crippen molar-refractivity contribution in [1.82, 2.24) is 0 Å². The molecule has 5 heteroatoms. The van der Waals surface area contributed by atoms with E-state index in [4.69, 9.17) is 15.2 Å². The Morgan fingerprint density at radius 1 is 1.58 bits per heavy atom. The van der Waals surface area contributed by atoms with Gasteiger partial charge in [-0.05, 0) is 6.42 Å². The molecule has 1 amide bonds. The third-order valence-electron chi connectivity index (χ3n) is 2.13. The monoisotopic (exact) mass is 170 g/mol. The maximum absolute atomic E-state index is 10.7. The highest BCUT2D eigenvalue weighted by molar-refractivity contribution is 5.99. The van der Waals surface area contributed by atoms with E-state index >= 15 is 0 Å². The van der Waals surface area contributed by atoms with Crippen molar-refractivity contribution in [1.29, 1.82) is 0 Å². The molecule has 2 N–H and O–H groups in total. The van der Waals surface area contributed by atoms with Gasteiger partial charge in [0.05, 0.1) is 6.61 Å². The molecule has 0 bridgehead atoms. The standard InChI is InChI=1S/C7H10N2O3/c8-6-5(12-7(10)9-6)4-1-2-11-3-4/h4-5H,1-3H2,(H2,8,9,10). The lowest BCUT2D eigenvalue weighted by atomic mass is 10.0. The van der Waals surface area contributed by atoms with Gasteiger partial charge in [0, 0.05) is 12.5 Å². The van der Waals surface area contributed by atoms with Gasteiger partial charge in [0.25, 0.3) is 0 Å². The topological polar surface area (TPSA) is 73.9 Å². The van der Waals surface area contributed by atoms with E-state index in [-0.39, 0.29) is 17.9 Å². The molecule has 1 fully saturated rings. The highest BCUT2D eigenvalue weighted by atomic mass is 16.6. The minimum Gasteiger partial charge on any atom is -0.436 e. The number of hydrogen-bond donors (Lipinski definition) is 1. The highest BCUT2D eigenvalue weighted by Gasteiger charge is 2.35. The largest absolute Gasteiger partial charge is 0.436 e. The lowest BCUT2D eigenvalue weighted by Gasteiger charge is -2.14. The van der Waals surface area contributed by atoms with Crippen LogP contribution in [0, 0.1) is 5.92 Å². The maximum Gasteiger partial charge on any atom is 0.436 e. The summed E-state index contributed by atoms with van der Waals surface area (Å²) in [5.41, 5.74) is 5.50. The molecule has 0 radical (unpaired) electrons. The van der Waals surface area contributed by atoms with Gasteiger partial charge < -0.3 is 15.2 Å². The normalized spacial score (nSPS) is 35.0. The predicted octanol–water partition coefficient (Wildman–Crippen LogP) is -0.101. The van der Waals surface area contributed by atoms with Crippen LogP contribution in [0.3, 0.4) is 0 Å². The van der Waals surface area contributed by atoms with E-state index in [1.807, 2.05) is 0 Å². The molecule has 2 rings (SSSR count). The molecule has 0 aromatic carbocycles. The SMILES string of the molecule is NC1=NC(=O)OC1C1CCOC1. The summed E-state index contributed by atoms with van der Waals surface area (Å²) in [5.74, 6) is 0.482. The number of rotatable bonds is 1. The van der Waals surface area contributed by atoms with Crippen molar-refractivity contribution in [2.45, 2.75) is 12.5 Å². The van der Waals surface area contributed by atoms with Gasteiger partial charge in [-0.1, -0.05) is 0 Å². The summed E-state index contributed by atoms with van der Waals surface area (Å²) < 4.78 is 10.1. The second-order valence-corrected chi connectivity index (χ2v) is 2.96. The van der Waals surface area contributed by atoms with E-state index < -0.39 is 6.09 Å². The Morgan fingerprint density at radius 3 is 2.92 bits per heavy atom. The first kappa shape index (κ1) is 7.54. The van der Waals surface area contributed by atoms with Crippen molar-refractivity contribution in [3.63, 3.8) is 0 Å². The van der Waals surface area contributed by atoms with Crippen LogP contribution < -0.4 is 5.73 Å². The molecule has 0 aromatic rings. The number of hydrogen-bond acceptors (Lipinski definition) is 4. The molecule has 0 aliphatic carbocycles. The Bertz CT molecular complexity index is 233. The summed E-state index contributed by atoms with van der Waals surface area (Å²) in [4.78, 5) is 14.2. The first-order valence-corrected chi connectivity index (χ1v) is 3.90. The van der Waals surface area contributed by atoms with Crippen LogP contribution in [0.25, 0.3) is 0 Å². The first-order valence-electron chi connectivity index (χ1n) is 3.90. The van der Waals surface area contributed by atoms with Gasteiger partial charge in [-0.15, -0.1) is 0 Å². The molecule has 0 saturated carbocycles. The fraction of sp³-hybridized carbons (Fsp3) is 0.714. The van der Waals surface area contributed by atoms with Gasteiger partial charge >= 0.3 is 6.09 Å². The van der Waals surface area contributed by atoms with Crippen molar-refractivity contribution >= 4 is 11.9 Å². The smallest absolute Gasteiger partial charge is 0.436 e. The summed E-state index contributed by atoms with van der Waals surface area (Å²) >= 11 is 0. The number of carbonyl (C=O) groups excluding carboxylic acids is 1. The van der Waals surface area contributed by atoms with Crippen LogP contribution in [0.2, 0.25) is 0 Å². The van der Waals surface area contributed by atoms with E-state index in [1.165, 1.54) is 0 Å². The Labute approximate surface area is 69.5 Å². The van der Waals surface area contributed by atoms with E-state index in [2.05, 4.69) is 4.99 Å². The van der Waals surface area contributed by atoms with Crippen molar-refractivity contribution in [2.75, 3.05) is 13.2 Å². The summed E-state index contributed by atoms with van der Waals surface area (Å²) in [6, 6.07) is 0. The Kier molecular flexibility index (Phi) is 1.73. The van der Waals surface area contributed by atoms with Gasteiger partial charge in [-0.25, -0.2) is 4.79 Å². The Hall–Kier alpha value is -1.10. The van der Waals surface area contributed by atoms with Crippen LogP contribution >= 0.6 is 0 Å². The van der Waals surface area contributed by atoms with E-state index in [9.17, 15) is 4.79 Å². The van der Waals surface area contributed by atoms with E-state index in [0.29, 0.717) is 13.2 Å². The van der Waals surface area contributed by atoms with Crippen molar-refractivity contribution < 1.29 is 14.3 Å². The molecular weight excluding hydrogens is 160 g/mol. The van der Waals surface area contributed by atoms with Crippen LogP contribution in [0.1, 0.15) is 6.42 Å². The number of nitrogens with zero attached hydrogens (tertiary/aromatic N) is 1. The van der Waals surface area contributed by atoms with Crippen molar-refractivity contribution in [3.8, 4) is 0 Å². The zero-order valence-electron chi connectivity index (χ0n) is 6.53. The lowest BCUT2D eigenvalue weighted by Crippen LogP contribution is -2.34. The average Bonchev–Trinajstić information content (AvgIpc) is 2.58. The Morgan fingerprint density at radius 2 is 2.42 bits per heavy atom. The molecular formula is C7H10N2O3. The fourth-order valence-corrected chi connectivity index (χ4v) is 1.49. The Balaban J connectivity index is 2.05. The van der Waals surface area contributed by atoms with Crippen molar-refractivity contribution in [3.05, 3.63) is 0 Å². The number of aliphatic imine (C=N–C) groups is 1. The van der Waals surface area contributed by atoms with Crippen LogP contribution in [-0.4, -0.2) is 31.2 Å². The zero-order chi connectivity index (χ0) is 8.55. The molecule has 12 heavy (non-hydrogen) atoms. The van der Waals surface area contributed by atoms with E-state index in [1.54, 1.807) is 0 Å². The lowest BCUT2D eigenvalue weighted by molar-refractivity contribution is 0.107. The van der Waals surface area contributed by atoms with Crippen LogP contribution in [0.4, 0.5) is 4.79 Å². The molecule has 0 spiro atoms. The van der Waals surface area contributed by atoms with Crippen molar-refractivity contribution in [2.24, 2.45) is 16.6 Å². The number of amides is 1. The summed E-state index contributed by atoms with van der Waals surface area (Å²) in [7, 11) is 0. The molecule has 0 aromatic heterocycles. The summed E-state index contributed by atoms with van der Waals surface area (Å²) in [6.07, 6.45) is -0.0434. The third-order valence-corrected chi connectivity index (χ3v) is 2.13. The molecule has 2 aliphatic heterocycles.